The van der Waals surface area contributed by atoms with E-state index in [1.54, 1.807) is 0 Å². The van der Waals surface area contributed by atoms with Crippen molar-refractivity contribution >= 4 is 0 Å². The number of rotatable bonds is 2. The third kappa shape index (κ3) is 3.90. The molecule has 0 saturated heterocycles. The third-order valence-electron chi connectivity index (χ3n) is 2.69. The molecule has 0 aromatic heterocycles. The van der Waals surface area contributed by atoms with Crippen LogP contribution in [0.25, 0.3) is 11.1 Å². The molecule has 0 aliphatic carbocycles. The fourth-order valence-electron chi connectivity index (χ4n) is 1.77. The maximum Gasteiger partial charge on any atom is 0.573 e. The molecule has 0 heterocycles. The van der Waals surface area contributed by atoms with Crippen LogP contribution in [0.1, 0.15) is 5.56 Å². The summed E-state index contributed by atoms with van der Waals surface area (Å²) in [5.74, 6) is -1.93. The van der Waals surface area contributed by atoms with Crippen LogP contribution in [0.2, 0.25) is 0 Å². The first-order chi connectivity index (χ1) is 10.1. The van der Waals surface area contributed by atoms with Gasteiger partial charge in [-0.2, -0.15) is 13.2 Å². The molecular weight excluding hydrogens is 317 g/mol. The van der Waals surface area contributed by atoms with Crippen LogP contribution < -0.4 is 4.74 Å². The fourth-order valence-corrected chi connectivity index (χ4v) is 1.77. The van der Waals surface area contributed by atoms with Crippen LogP contribution in [0.15, 0.2) is 42.5 Å². The Morgan fingerprint density at radius 1 is 0.727 bits per heavy atom. The van der Waals surface area contributed by atoms with E-state index in [-0.39, 0.29) is 11.1 Å². The van der Waals surface area contributed by atoms with Crippen LogP contribution in [-0.4, -0.2) is 6.36 Å². The van der Waals surface area contributed by atoms with E-state index in [1.807, 2.05) is 0 Å². The number of hydrogen-bond donors (Lipinski definition) is 0. The van der Waals surface area contributed by atoms with Gasteiger partial charge < -0.3 is 4.74 Å². The van der Waals surface area contributed by atoms with Gasteiger partial charge in [0.05, 0.1) is 5.56 Å². The summed E-state index contributed by atoms with van der Waals surface area (Å²) in [6.07, 6.45) is -9.72. The van der Waals surface area contributed by atoms with Crippen LogP contribution in [0.5, 0.6) is 5.75 Å². The van der Waals surface area contributed by atoms with Crippen molar-refractivity contribution in [2.45, 2.75) is 12.5 Å². The molecule has 0 saturated carbocycles. The number of halogens is 7. The minimum Gasteiger partial charge on any atom is -0.406 e. The van der Waals surface area contributed by atoms with Gasteiger partial charge >= 0.3 is 12.5 Å². The summed E-state index contributed by atoms with van der Waals surface area (Å²) in [6, 6.07) is 6.55. The van der Waals surface area contributed by atoms with E-state index in [9.17, 15) is 30.7 Å². The lowest BCUT2D eigenvalue weighted by atomic mass is 10.0. The first kappa shape index (κ1) is 16.1. The molecule has 118 valence electrons. The number of alkyl halides is 6. The minimum atomic E-state index is -4.86. The molecule has 8 heteroatoms. The monoisotopic (exact) mass is 324 g/mol. The molecule has 0 atom stereocenters. The van der Waals surface area contributed by atoms with Crippen molar-refractivity contribution in [1.82, 2.24) is 0 Å². The standard InChI is InChI=1S/C14H7F7O/c15-12-6-3-9(7-11(12)13(16,17)18)8-1-4-10(5-2-8)22-14(19,20)21/h1-7H. The van der Waals surface area contributed by atoms with Gasteiger partial charge in [0.2, 0.25) is 0 Å². The molecule has 0 unspecified atom stereocenters. The van der Waals surface area contributed by atoms with E-state index >= 15 is 0 Å². The summed E-state index contributed by atoms with van der Waals surface area (Å²) in [6.45, 7) is 0. The van der Waals surface area contributed by atoms with Gasteiger partial charge in [0, 0.05) is 0 Å². The van der Waals surface area contributed by atoms with E-state index in [4.69, 9.17) is 0 Å². The zero-order valence-electron chi connectivity index (χ0n) is 10.6. The maximum atomic E-state index is 13.2. The molecule has 0 spiro atoms. The van der Waals surface area contributed by atoms with E-state index in [2.05, 4.69) is 4.74 Å². The smallest absolute Gasteiger partial charge is 0.406 e. The molecule has 2 aromatic carbocycles. The number of benzene rings is 2. The molecule has 0 fully saturated rings. The topological polar surface area (TPSA) is 9.23 Å². The van der Waals surface area contributed by atoms with Crippen LogP contribution >= 0.6 is 0 Å². The van der Waals surface area contributed by atoms with Crippen LogP contribution in [0, 0.1) is 5.82 Å². The Morgan fingerprint density at radius 3 is 1.77 bits per heavy atom. The number of ether oxygens (including phenoxy) is 1. The van der Waals surface area contributed by atoms with Gasteiger partial charge in [0.15, 0.2) is 0 Å². The van der Waals surface area contributed by atoms with Crippen molar-refractivity contribution in [3.05, 3.63) is 53.8 Å². The summed E-state index contributed by atoms with van der Waals surface area (Å²) in [5.41, 5.74) is -1.23. The SMILES string of the molecule is Fc1ccc(-c2ccc(OC(F)(F)F)cc2)cc1C(F)(F)F. The molecule has 0 bridgehead atoms. The molecule has 1 nitrogen and oxygen atoms in total. The van der Waals surface area contributed by atoms with Gasteiger partial charge in [-0.25, -0.2) is 4.39 Å². The summed E-state index contributed by atoms with van der Waals surface area (Å²) in [4.78, 5) is 0. The van der Waals surface area contributed by atoms with Crippen LogP contribution in [0.4, 0.5) is 30.7 Å². The Kier molecular flexibility index (Phi) is 4.04. The summed E-state index contributed by atoms with van der Waals surface area (Å²) < 4.78 is 90.7. The van der Waals surface area contributed by atoms with Crippen molar-refractivity contribution < 1.29 is 35.5 Å². The van der Waals surface area contributed by atoms with Crippen LogP contribution in [-0.2, 0) is 6.18 Å². The molecule has 0 amide bonds. The molecule has 0 radical (unpaired) electrons. The quantitative estimate of drug-likeness (QED) is 0.671. The highest BCUT2D eigenvalue weighted by Crippen LogP contribution is 2.34. The summed E-state index contributed by atoms with van der Waals surface area (Å²) in [7, 11) is 0. The summed E-state index contributed by atoms with van der Waals surface area (Å²) >= 11 is 0. The molecule has 2 rings (SSSR count). The van der Waals surface area contributed by atoms with Crippen LogP contribution in [0.3, 0.4) is 0 Å². The minimum absolute atomic E-state index is 0.0206. The molecule has 0 aliphatic heterocycles. The largest absolute Gasteiger partial charge is 0.573 e. The van der Waals surface area contributed by atoms with Gasteiger partial charge in [-0.3, -0.25) is 0 Å². The first-order valence-corrected chi connectivity index (χ1v) is 5.79. The van der Waals surface area contributed by atoms with Gasteiger partial charge in [-0.1, -0.05) is 18.2 Å². The van der Waals surface area contributed by atoms with Crippen molar-refractivity contribution in [2.24, 2.45) is 0 Å². The Labute approximate surface area is 119 Å². The highest BCUT2D eigenvalue weighted by molar-refractivity contribution is 5.65. The van der Waals surface area contributed by atoms with Gasteiger partial charge in [0.1, 0.15) is 11.6 Å². The van der Waals surface area contributed by atoms with Gasteiger partial charge in [-0.15, -0.1) is 13.2 Å². The second-order valence-corrected chi connectivity index (χ2v) is 4.26. The van der Waals surface area contributed by atoms with E-state index in [0.717, 1.165) is 30.3 Å². The third-order valence-corrected chi connectivity index (χ3v) is 2.69. The molecule has 0 aliphatic rings. The maximum absolute atomic E-state index is 13.2. The van der Waals surface area contributed by atoms with E-state index < -0.39 is 29.7 Å². The Bertz CT molecular complexity index is 656. The second-order valence-electron chi connectivity index (χ2n) is 4.26. The summed E-state index contributed by atoms with van der Waals surface area (Å²) in [5, 5.41) is 0. The highest BCUT2D eigenvalue weighted by atomic mass is 19.4. The lowest BCUT2D eigenvalue weighted by Gasteiger charge is -2.11. The Hall–Kier alpha value is -2.25. The van der Waals surface area contributed by atoms with Gasteiger partial charge in [-0.05, 0) is 35.4 Å². The average molecular weight is 324 g/mol. The zero-order chi connectivity index (χ0) is 16.5. The zero-order valence-corrected chi connectivity index (χ0v) is 10.6. The fraction of sp³-hybridized carbons (Fsp3) is 0.143. The Morgan fingerprint density at radius 2 is 1.27 bits per heavy atom. The molecule has 2 aromatic rings. The molecular formula is C14H7F7O. The second kappa shape index (κ2) is 5.51. The van der Waals surface area contributed by atoms with E-state index in [0.29, 0.717) is 12.1 Å². The normalized spacial score (nSPS) is 12.3. The Balaban J connectivity index is 2.33. The lowest BCUT2D eigenvalue weighted by Crippen LogP contribution is -2.16. The number of hydrogen-bond acceptors (Lipinski definition) is 1. The highest BCUT2D eigenvalue weighted by Gasteiger charge is 2.34. The van der Waals surface area contributed by atoms with Crippen molar-refractivity contribution in [3.63, 3.8) is 0 Å². The predicted octanol–water partition coefficient (Wildman–Crippen LogP) is 5.41. The molecule has 22 heavy (non-hydrogen) atoms. The lowest BCUT2D eigenvalue weighted by molar-refractivity contribution is -0.274. The predicted molar refractivity (Wildman–Crippen MR) is 63.5 cm³/mol. The first-order valence-electron chi connectivity index (χ1n) is 5.79. The molecule has 0 N–H and O–H groups in total. The average Bonchev–Trinajstić information content (AvgIpc) is 2.37. The van der Waals surface area contributed by atoms with Gasteiger partial charge in [0.25, 0.3) is 0 Å². The van der Waals surface area contributed by atoms with Crippen molar-refractivity contribution in [2.75, 3.05) is 0 Å². The van der Waals surface area contributed by atoms with Crippen molar-refractivity contribution in [1.29, 1.82) is 0 Å². The van der Waals surface area contributed by atoms with E-state index in [1.165, 1.54) is 0 Å². The van der Waals surface area contributed by atoms with Crippen molar-refractivity contribution in [3.8, 4) is 16.9 Å².